The average molecular weight is 207 g/mol. The Kier molecular flexibility index (Phi) is 5.36. The lowest BCUT2D eigenvalue weighted by molar-refractivity contribution is 0.538. The molecule has 0 spiro atoms. The van der Waals surface area contributed by atoms with Crippen molar-refractivity contribution in [3.8, 4) is 11.8 Å². The first kappa shape index (κ1) is 11.3. The molecule has 1 rings (SSSR count). The Hall–Kier alpha value is -0.780. The van der Waals surface area contributed by atoms with Crippen molar-refractivity contribution in [2.24, 2.45) is 0 Å². The molecule has 0 amide bonds. The van der Waals surface area contributed by atoms with Crippen LogP contribution in [0.4, 0.5) is 0 Å². The summed E-state index contributed by atoms with van der Waals surface area (Å²) < 4.78 is 0. The summed E-state index contributed by atoms with van der Waals surface area (Å²) in [5.41, 5.74) is 0. The van der Waals surface area contributed by atoms with Crippen LogP contribution in [0.1, 0.15) is 25.1 Å². The summed E-state index contributed by atoms with van der Waals surface area (Å²) in [6, 6.07) is 4.80. The molecule has 0 radical (unpaired) electrons. The van der Waals surface area contributed by atoms with E-state index in [0.717, 1.165) is 19.4 Å². The van der Waals surface area contributed by atoms with Crippen molar-refractivity contribution >= 4 is 11.3 Å². The molecule has 14 heavy (non-hydrogen) atoms. The molecule has 0 aromatic carbocycles. The van der Waals surface area contributed by atoms with Gasteiger partial charge in [0.05, 0.1) is 0 Å². The highest BCUT2D eigenvalue weighted by Crippen LogP contribution is 2.12. The molecule has 1 aromatic heterocycles. The number of likely N-dealkylation sites (N-methyl/N-ethyl adjacent to an activating group) is 1. The van der Waals surface area contributed by atoms with Crippen molar-refractivity contribution < 1.29 is 0 Å². The minimum Gasteiger partial charge on any atom is -0.313 e. The number of hydrogen-bond donors (Lipinski definition) is 1. The average Bonchev–Trinajstić information content (AvgIpc) is 2.67. The topological polar surface area (TPSA) is 12.0 Å². The second kappa shape index (κ2) is 6.64. The molecule has 2 heteroatoms. The van der Waals surface area contributed by atoms with Crippen LogP contribution >= 0.6 is 11.3 Å². The zero-order valence-corrected chi connectivity index (χ0v) is 9.66. The van der Waals surface area contributed by atoms with Gasteiger partial charge in [0.1, 0.15) is 0 Å². The quantitative estimate of drug-likeness (QED) is 0.732. The molecule has 1 nitrogen and oxygen atoms in total. The minimum absolute atomic E-state index is 0.506. The van der Waals surface area contributed by atoms with E-state index in [0.29, 0.717) is 6.04 Å². The Morgan fingerprint density at radius 1 is 1.57 bits per heavy atom. The van der Waals surface area contributed by atoms with Crippen molar-refractivity contribution in [1.29, 1.82) is 0 Å². The summed E-state index contributed by atoms with van der Waals surface area (Å²) in [6.07, 6.45) is 2.04. The van der Waals surface area contributed by atoms with E-state index in [2.05, 4.69) is 41.6 Å². The van der Waals surface area contributed by atoms with E-state index in [-0.39, 0.29) is 0 Å². The molecule has 0 saturated heterocycles. The lowest BCUT2D eigenvalue weighted by Gasteiger charge is -2.13. The Morgan fingerprint density at radius 2 is 2.43 bits per heavy atom. The summed E-state index contributed by atoms with van der Waals surface area (Å²) in [7, 11) is 0. The standard InChI is InChI=1S/C12H17NS/c1-3-5-7-11(13-4-2)10-12-8-6-9-14-12/h6,8-9,11,13H,4,7,10H2,1-2H3. The molecular formula is C12H17NS. The molecule has 1 unspecified atom stereocenters. The third-order valence-electron chi connectivity index (χ3n) is 2.05. The number of hydrogen-bond acceptors (Lipinski definition) is 2. The van der Waals surface area contributed by atoms with Gasteiger partial charge in [0.25, 0.3) is 0 Å². The molecule has 0 fully saturated rings. The van der Waals surface area contributed by atoms with Gasteiger partial charge in [-0.1, -0.05) is 13.0 Å². The number of nitrogens with one attached hydrogen (secondary N) is 1. The Morgan fingerprint density at radius 3 is 3.00 bits per heavy atom. The van der Waals surface area contributed by atoms with E-state index in [4.69, 9.17) is 0 Å². The highest BCUT2D eigenvalue weighted by atomic mass is 32.1. The van der Waals surface area contributed by atoms with Gasteiger partial charge < -0.3 is 5.32 Å². The second-order valence-electron chi connectivity index (χ2n) is 3.17. The summed E-state index contributed by atoms with van der Waals surface area (Å²) in [4.78, 5) is 1.44. The minimum atomic E-state index is 0.506. The molecule has 0 aliphatic carbocycles. The first-order valence-corrected chi connectivity index (χ1v) is 5.90. The summed E-state index contributed by atoms with van der Waals surface area (Å²) in [5, 5.41) is 5.59. The van der Waals surface area contributed by atoms with Crippen LogP contribution < -0.4 is 5.32 Å². The van der Waals surface area contributed by atoms with Gasteiger partial charge in [0, 0.05) is 17.3 Å². The molecule has 0 aliphatic rings. The molecule has 1 atom stereocenters. The third kappa shape index (κ3) is 3.95. The van der Waals surface area contributed by atoms with E-state index >= 15 is 0 Å². The molecule has 0 bridgehead atoms. The Labute approximate surface area is 90.5 Å². The number of rotatable bonds is 5. The van der Waals surface area contributed by atoms with Crippen molar-refractivity contribution in [3.63, 3.8) is 0 Å². The maximum absolute atomic E-state index is 3.46. The molecule has 0 saturated carbocycles. The van der Waals surface area contributed by atoms with Gasteiger partial charge >= 0.3 is 0 Å². The molecule has 1 aromatic rings. The lowest BCUT2D eigenvalue weighted by Crippen LogP contribution is -2.30. The normalized spacial score (nSPS) is 11.9. The van der Waals surface area contributed by atoms with Crippen LogP contribution in [0.5, 0.6) is 0 Å². The lowest BCUT2D eigenvalue weighted by atomic mass is 10.1. The van der Waals surface area contributed by atoms with Crippen molar-refractivity contribution in [3.05, 3.63) is 22.4 Å². The van der Waals surface area contributed by atoms with Crippen molar-refractivity contribution in [2.75, 3.05) is 6.54 Å². The van der Waals surface area contributed by atoms with Crippen molar-refractivity contribution in [2.45, 2.75) is 32.7 Å². The fourth-order valence-corrected chi connectivity index (χ4v) is 2.19. The second-order valence-corrected chi connectivity index (χ2v) is 4.20. The third-order valence-corrected chi connectivity index (χ3v) is 2.94. The van der Waals surface area contributed by atoms with Gasteiger partial charge in [0.2, 0.25) is 0 Å². The van der Waals surface area contributed by atoms with Crippen LogP contribution in [0.3, 0.4) is 0 Å². The fourth-order valence-electron chi connectivity index (χ4n) is 1.40. The predicted octanol–water partition coefficient (Wildman–Crippen LogP) is 2.68. The van der Waals surface area contributed by atoms with Gasteiger partial charge in [0.15, 0.2) is 0 Å². The van der Waals surface area contributed by atoms with Crippen LogP contribution in [-0.4, -0.2) is 12.6 Å². The summed E-state index contributed by atoms with van der Waals surface area (Å²) in [5.74, 6) is 6.09. The number of thiophene rings is 1. The van der Waals surface area contributed by atoms with Gasteiger partial charge in [-0.2, -0.15) is 0 Å². The first-order valence-electron chi connectivity index (χ1n) is 5.02. The van der Waals surface area contributed by atoms with Crippen molar-refractivity contribution in [1.82, 2.24) is 5.32 Å². The highest BCUT2D eigenvalue weighted by Gasteiger charge is 2.06. The maximum Gasteiger partial charge on any atom is 0.0246 e. The van der Waals surface area contributed by atoms with Crippen LogP contribution in [0.25, 0.3) is 0 Å². The molecule has 0 aliphatic heterocycles. The van der Waals surface area contributed by atoms with Gasteiger partial charge in [-0.3, -0.25) is 0 Å². The van der Waals surface area contributed by atoms with Crippen LogP contribution in [-0.2, 0) is 6.42 Å². The fraction of sp³-hybridized carbons (Fsp3) is 0.500. The van der Waals surface area contributed by atoms with Gasteiger partial charge in [-0.25, -0.2) is 0 Å². The van der Waals surface area contributed by atoms with E-state index in [1.54, 1.807) is 0 Å². The van der Waals surface area contributed by atoms with E-state index in [1.165, 1.54) is 4.88 Å². The van der Waals surface area contributed by atoms with Crippen LogP contribution in [0.2, 0.25) is 0 Å². The SMILES string of the molecule is CC#CCC(Cc1cccs1)NCC. The Bertz CT molecular complexity index is 292. The smallest absolute Gasteiger partial charge is 0.0246 e. The zero-order valence-electron chi connectivity index (χ0n) is 8.84. The van der Waals surface area contributed by atoms with E-state index in [9.17, 15) is 0 Å². The molecule has 1 heterocycles. The first-order chi connectivity index (χ1) is 6.86. The highest BCUT2D eigenvalue weighted by molar-refractivity contribution is 7.09. The molecular weight excluding hydrogens is 190 g/mol. The zero-order chi connectivity index (χ0) is 10.2. The maximum atomic E-state index is 3.46. The predicted molar refractivity (Wildman–Crippen MR) is 63.6 cm³/mol. The molecule has 1 N–H and O–H groups in total. The largest absolute Gasteiger partial charge is 0.313 e. The Balaban J connectivity index is 2.45. The molecule has 76 valence electrons. The van der Waals surface area contributed by atoms with Gasteiger partial charge in [-0.05, 0) is 31.3 Å². The van der Waals surface area contributed by atoms with E-state index in [1.807, 2.05) is 18.3 Å². The van der Waals surface area contributed by atoms with Crippen LogP contribution in [0.15, 0.2) is 17.5 Å². The summed E-state index contributed by atoms with van der Waals surface area (Å²) >= 11 is 1.82. The van der Waals surface area contributed by atoms with Crippen LogP contribution in [0, 0.1) is 11.8 Å². The van der Waals surface area contributed by atoms with E-state index < -0.39 is 0 Å². The summed E-state index contributed by atoms with van der Waals surface area (Å²) in [6.45, 7) is 5.05. The van der Waals surface area contributed by atoms with Gasteiger partial charge in [-0.15, -0.1) is 23.2 Å². The monoisotopic (exact) mass is 207 g/mol.